The van der Waals surface area contributed by atoms with Crippen LogP contribution in [0.5, 0.6) is 11.8 Å². The summed E-state index contributed by atoms with van der Waals surface area (Å²) in [5.41, 5.74) is 6.78. The highest BCUT2D eigenvalue weighted by Crippen LogP contribution is 2.20. The first-order chi connectivity index (χ1) is 9.72. The Bertz CT molecular complexity index is 470. The van der Waals surface area contributed by atoms with Crippen LogP contribution in [0.3, 0.4) is 0 Å². The van der Waals surface area contributed by atoms with Gasteiger partial charge in [-0.3, -0.25) is 0 Å². The molecule has 0 unspecified atom stereocenters. The van der Waals surface area contributed by atoms with Gasteiger partial charge in [0.15, 0.2) is 5.96 Å². The van der Waals surface area contributed by atoms with Crippen LogP contribution in [-0.4, -0.2) is 31.2 Å². The molecule has 0 atom stereocenters. The molecule has 6 nitrogen and oxygen atoms in total. The maximum Gasteiger partial charge on any atom is 0.221 e. The molecule has 0 radical (unpaired) electrons. The lowest BCUT2D eigenvalue weighted by molar-refractivity contribution is 0.361. The molecule has 3 N–H and O–H groups in total. The summed E-state index contributed by atoms with van der Waals surface area (Å²) in [7, 11) is 3.15. The van der Waals surface area contributed by atoms with Gasteiger partial charge < -0.3 is 20.5 Å². The van der Waals surface area contributed by atoms with E-state index in [1.165, 1.54) is 25.7 Å². The number of ether oxygens (including phenoxy) is 2. The predicted octanol–water partition coefficient (Wildman–Crippen LogP) is 1.45. The monoisotopic (exact) mass is 278 g/mol. The quantitative estimate of drug-likeness (QED) is 0.629. The Morgan fingerprint density at radius 2 is 2.10 bits per heavy atom. The zero-order valence-electron chi connectivity index (χ0n) is 12.1. The number of aliphatic imine (C=N–C) groups is 1. The fourth-order valence-electron chi connectivity index (χ4n) is 2.36. The molecule has 2 rings (SSSR count). The molecule has 6 heteroatoms. The number of hydrogen-bond donors (Lipinski definition) is 2. The van der Waals surface area contributed by atoms with Gasteiger partial charge in [0.2, 0.25) is 11.8 Å². The zero-order valence-corrected chi connectivity index (χ0v) is 12.1. The number of rotatable bonds is 5. The highest BCUT2D eigenvalue weighted by molar-refractivity contribution is 5.78. The molecular formula is C14H22N4O2. The smallest absolute Gasteiger partial charge is 0.221 e. The van der Waals surface area contributed by atoms with Crippen LogP contribution in [0.25, 0.3) is 0 Å². The van der Waals surface area contributed by atoms with E-state index >= 15 is 0 Å². The van der Waals surface area contributed by atoms with Gasteiger partial charge in [0.25, 0.3) is 0 Å². The number of nitrogens with two attached hydrogens (primary N) is 1. The number of nitrogens with zero attached hydrogens (tertiary/aromatic N) is 2. The molecule has 20 heavy (non-hydrogen) atoms. The molecule has 1 aromatic heterocycles. The molecule has 0 bridgehead atoms. The summed E-state index contributed by atoms with van der Waals surface area (Å²) in [4.78, 5) is 8.56. The second kappa shape index (κ2) is 6.98. The summed E-state index contributed by atoms with van der Waals surface area (Å²) in [6, 6.07) is 4.14. The summed E-state index contributed by atoms with van der Waals surface area (Å²) in [6.45, 7) is 0.436. The maximum atomic E-state index is 5.90. The van der Waals surface area contributed by atoms with Crippen molar-refractivity contribution in [2.24, 2.45) is 10.7 Å². The molecule has 0 spiro atoms. The number of hydrogen-bond acceptors (Lipinski definition) is 4. The van der Waals surface area contributed by atoms with E-state index in [0.29, 0.717) is 30.3 Å². The van der Waals surface area contributed by atoms with E-state index in [9.17, 15) is 0 Å². The van der Waals surface area contributed by atoms with Crippen LogP contribution in [0.4, 0.5) is 0 Å². The zero-order chi connectivity index (χ0) is 14.4. The van der Waals surface area contributed by atoms with E-state index in [-0.39, 0.29) is 0 Å². The van der Waals surface area contributed by atoms with E-state index < -0.39 is 0 Å². The summed E-state index contributed by atoms with van der Waals surface area (Å²) >= 11 is 0. The molecule has 1 aliphatic carbocycles. The minimum atomic E-state index is 0.436. The van der Waals surface area contributed by atoms with Crippen molar-refractivity contribution in [2.75, 3.05) is 14.2 Å². The van der Waals surface area contributed by atoms with Crippen LogP contribution in [0.2, 0.25) is 0 Å². The van der Waals surface area contributed by atoms with Crippen molar-refractivity contribution in [2.45, 2.75) is 38.3 Å². The molecule has 1 aliphatic rings. The second-order valence-electron chi connectivity index (χ2n) is 4.85. The third-order valence-corrected chi connectivity index (χ3v) is 3.44. The van der Waals surface area contributed by atoms with E-state index in [4.69, 9.17) is 15.2 Å². The molecule has 1 fully saturated rings. The first-order valence-electron chi connectivity index (χ1n) is 6.87. The molecule has 0 saturated heterocycles. The largest absolute Gasteiger partial charge is 0.481 e. The number of aromatic nitrogens is 1. The Labute approximate surface area is 119 Å². The minimum Gasteiger partial charge on any atom is -0.481 e. The SMILES string of the molecule is COc1ccc(CN=C(N)NC2CCCC2)c(OC)n1. The predicted molar refractivity (Wildman–Crippen MR) is 78.1 cm³/mol. The Morgan fingerprint density at radius 3 is 2.75 bits per heavy atom. The number of nitrogens with one attached hydrogen (secondary N) is 1. The average molecular weight is 278 g/mol. The van der Waals surface area contributed by atoms with E-state index in [2.05, 4.69) is 15.3 Å². The van der Waals surface area contributed by atoms with Crippen LogP contribution in [0.15, 0.2) is 17.1 Å². The van der Waals surface area contributed by atoms with Crippen molar-refractivity contribution in [1.82, 2.24) is 10.3 Å². The van der Waals surface area contributed by atoms with Crippen LogP contribution in [0.1, 0.15) is 31.2 Å². The van der Waals surface area contributed by atoms with Gasteiger partial charge in [-0.2, -0.15) is 4.98 Å². The van der Waals surface area contributed by atoms with Crippen molar-refractivity contribution >= 4 is 5.96 Å². The summed E-state index contributed by atoms with van der Waals surface area (Å²) < 4.78 is 10.3. The Balaban J connectivity index is 1.98. The topological polar surface area (TPSA) is 81.8 Å². The van der Waals surface area contributed by atoms with Gasteiger partial charge in [-0.15, -0.1) is 0 Å². The standard InChI is InChI=1S/C14H22N4O2/c1-19-12-8-7-10(13(18-12)20-2)9-16-14(15)17-11-5-3-4-6-11/h7-8,11H,3-6,9H2,1-2H3,(H3,15,16,17). The van der Waals surface area contributed by atoms with Crippen LogP contribution >= 0.6 is 0 Å². The summed E-state index contributed by atoms with van der Waals surface area (Å²) in [6.07, 6.45) is 4.87. The fourth-order valence-corrected chi connectivity index (χ4v) is 2.36. The molecule has 0 aliphatic heterocycles. The lowest BCUT2D eigenvalue weighted by Crippen LogP contribution is -2.38. The summed E-state index contributed by atoms with van der Waals surface area (Å²) in [5.74, 6) is 1.52. The van der Waals surface area contributed by atoms with Crippen molar-refractivity contribution in [3.05, 3.63) is 17.7 Å². The van der Waals surface area contributed by atoms with Crippen LogP contribution in [0, 0.1) is 0 Å². The molecule has 0 aromatic carbocycles. The summed E-state index contributed by atoms with van der Waals surface area (Å²) in [5, 5.41) is 3.25. The van der Waals surface area contributed by atoms with Gasteiger partial charge >= 0.3 is 0 Å². The maximum absolute atomic E-state index is 5.90. The van der Waals surface area contributed by atoms with Crippen molar-refractivity contribution in [3.63, 3.8) is 0 Å². The molecule has 1 aromatic rings. The second-order valence-corrected chi connectivity index (χ2v) is 4.85. The number of pyridine rings is 1. The molecule has 1 saturated carbocycles. The lowest BCUT2D eigenvalue weighted by atomic mass is 10.2. The fraction of sp³-hybridized carbons (Fsp3) is 0.571. The first-order valence-corrected chi connectivity index (χ1v) is 6.87. The van der Waals surface area contributed by atoms with Gasteiger partial charge in [-0.1, -0.05) is 12.8 Å². The Morgan fingerprint density at radius 1 is 1.35 bits per heavy atom. The van der Waals surface area contributed by atoms with E-state index in [1.54, 1.807) is 20.3 Å². The van der Waals surface area contributed by atoms with Gasteiger partial charge in [0.05, 0.1) is 20.8 Å². The number of guanidine groups is 1. The normalized spacial score (nSPS) is 16.2. The molecule has 0 amide bonds. The van der Waals surface area contributed by atoms with Crippen LogP contribution < -0.4 is 20.5 Å². The minimum absolute atomic E-state index is 0.436. The third-order valence-electron chi connectivity index (χ3n) is 3.44. The van der Waals surface area contributed by atoms with Gasteiger partial charge in [-0.25, -0.2) is 4.99 Å². The van der Waals surface area contributed by atoms with Gasteiger partial charge in [-0.05, 0) is 18.9 Å². The van der Waals surface area contributed by atoms with E-state index in [0.717, 1.165) is 5.56 Å². The lowest BCUT2D eigenvalue weighted by Gasteiger charge is -2.12. The Kier molecular flexibility index (Phi) is 5.03. The van der Waals surface area contributed by atoms with Crippen LogP contribution in [-0.2, 0) is 6.54 Å². The highest BCUT2D eigenvalue weighted by atomic mass is 16.5. The van der Waals surface area contributed by atoms with Crippen molar-refractivity contribution < 1.29 is 9.47 Å². The molecular weight excluding hydrogens is 256 g/mol. The first kappa shape index (κ1) is 14.4. The van der Waals surface area contributed by atoms with Crippen molar-refractivity contribution in [1.29, 1.82) is 0 Å². The Hall–Kier alpha value is -1.98. The third kappa shape index (κ3) is 3.76. The molecule has 110 valence electrons. The molecule has 1 heterocycles. The van der Waals surface area contributed by atoms with Crippen molar-refractivity contribution in [3.8, 4) is 11.8 Å². The number of methoxy groups -OCH3 is 2. The van der Waals surface area contributed by atoms with E-state index in [1.807, 2.05) is 6.07 Å². The van der Waals surface area contributed by atoms with Gasteiger partial charge in [0, 0.05) is 17.7 Å². The highest BCUT2D eigenvalue weighted by Gasteiger charge is 2.15. The average Bonchev–Trinajstić information content (AvgIpc) is 2.97. The van der Waals surface area contributed by atoms with Gasteiger partial charge in [0.1, 0.15) is 0 Å².